The van der Waals surface area contributed by atoms with E-state index in [4.69, 9.17) is 12.2 Å². The molecule has 1 aromatic rings. The van der Waals surface area contributed by atoms with Crippen molar-refractivity contribution < 1.29 is 9.72 Å². The number of aryl methyl sites for hydroxylation is 1. The predicted octanol–water partition coefficient (Wildman–Crippen LogP) is 2.39. The minimum atomic E-state index is -0.441. The number of nitro groups is 1. The number of benzene rings is 1. The quantitative estimate of drug-likeness (QED) is 0.390. The number of nitro benzene ring substituents is 1. The SMILES string of the molecule is Cc1ccc(/C=C2/SC(=S)NC2=O)cc1[N+](=O)[O-]. The Morgan fingerprint density at radius 3 is 2.78 bits per heavy atom. The molecule has 1 N–H and O–H groups in total. The van der Waals surface area contributed by atoms with E-state index in [1.165, 1.54) is 6.07 Å². The van der Waals surface area contributed by atoms with Gasteiger partial charge in [-0.05, 0) is 18.6 Å². The Balaban J connectivity index is 2.38. The average Bonchev–Trinajstić information content (AvgIpc) is 2.60. The fourth-order valence-electron chi connectivity index (χ4n) is 1.49. The number of rotatable bonds is 2. The summed E-state index contributed by atoms with van der Waals surface area (Å²) in [7, 11) is 0. The molecule has 92 valence electrons. The monoisotopic (exact) mass is 280 g/mol. The zero-order valence-electron chi connectivity index (χ0n) is 9.30. The van der Waals surface area contributed by atoms with Crippen LogP contribution in [0.15, 0.2) is 23.1 Å². The second kappa shape index (κ2) is 4.87. The highest BCUT2D eigenvalue weighted by Gasteiger charge is 2.22. The molecule has 2 rings (SSSR count). The van der Waals surface area contributed by atoms with Crippen molar-refractivity contribution >= 4 is 46.0 Å². The molecule has 1 aliphatic heterocycles. The lowest BCUT2D eigenvalue weighted by molar-refractivity contribution is -0.385. The number of carbonyl (C=O) groups excluding carboxylic acids is 1. The van der Waals surface area contributed by atoms with Crippen LogP contribution in [0.1, 0.15) is 11.1 Å². The van der Waals surface area contributed by atoms with Crippen LogP contribution in [0, 0.1) is 17.0 Å². The van der Waals surface area contributed by atoms with E-state index in [-0.39, 0.29) is 11.6 Å². The van der Waals surface area contributed by atoms with Crippen LogP contribution in [0.2, 0.25) is 0 Å². The van der Waals surface area contributed by atoms with Gasteiger partial charge >= 0.3 is 0 Å². The summed E-state index contributed by atoms with van der Waals surface area (Å²) < 4.78 is 0.396. The zero-order valence-corrected chi connectivity index (χ0v) is 10.9. The first-order valence-electron chi connectivity index (χ1n) is 4.97. The van der Waals surface area contributed by atoms with Crippen LogP contribution in [0.25, 0.3) is 6.08 Å². The Morgan fingerprint density at radius 2 is 2.22 bits per heavy atom. The fourth-order valence-corrected chi connectivity index (χ4v) is 2.53. The molecule has 1 amide bonds. The molecule has 0 radical (unpaired) electrons. The molecule has 5 nitrogen and oxygen atoms in total. The molecular formula is C11H8N2O3S2. The first-order valence-corrected chi connectivity index (χ1v) is 6.20. The highest BCUT2D eigenvalue weighted by atomic mass is 32.2. The van der Waals surface area contributed by atoms with Gasteiger partial charge in [-0.25, -0.2) is 0 Å². The summed E-state index contributed by atoms with van der Waals surface area (Å²) in [4.78, 5) is 22.3. The van der Waals surface area contributed by atoms with Crippen LogP contribution in [0.3, 0.4) is 0 Å². The van der Waals surface area contributed by atoms with Crippen molar-refractivity contribution in [3.63, 3.8) is 0 Å². The number of hydrogen-bond donors (Lipinski definition) is 1. The molecule has 1 fully saturated rings. The maximum absolute atomic E-state index is 11.5. The molecular weight excluding hydrogens is 272 g/mol. The highest BCUT2D eigenvalue weighted by Crippen LogP contribution is 2.27. The molecule has 0 atom stereocenters. The van der Waals surface area contributed by atoms with Gasteiger partial charge in [0.25, 0.3) is 11.6 Å². The lowest BCUT2D eigenvalue weighted by Crippen LogP contribution is -2.17. The van der Waals surface area contributed by atoms with Gasteiger partial charge < -0.3 is 5.32 Å². The van der Waals surface area contributed by atoms with E-state index in [0.717, 1.165) is 11.8 Å². The smallest absolute Gasteiger partial charge is 0.272 e. The number of amides is 1. The summed E-state index contributed by atoms with van der Waals surface area (Å²) in [6.07, 6.45) is 1.59. The van der Waals surface area contributed by atoms with Gasteiger partial charge in [-0.1, -0.05) is 36.1 Å². The third kappa shape index (κ3) is 2.57. The second-order valence-corrected chi connectivity index (χ2v) is 5.37. The molecule has 1 aromatic carbocycles. The molecule has 0 spiro atoms. The molecule has 0 aliphatic carbocycles. The fraction of sp³-hybridized carbons (Fsp3) is 0.0909. The lowest BCUT2D eigenvalue weighted by Gasteiger charge is -1.99. The summed E-state index contributed by atoms with van der Waals surface area (Å²) in [5.74, 6) is -0.270. The number of thioether (sulfide) groups is 1. The summed E-state index contributed by atoms with van der Waals surface area (Å²) in [6.45, 7) is 1.67. The van der Waals surface area contributed by atoms with E-state index in [2.05, 4.69) is 5.32 Å². The topological polar surface area (TPSA) is 72.2 Å². The predicted molar refractivity (Wildman–Crippen MR) is 74.1 cm³/mol. The van der Waals surface area contributed by atoms with Gasteiger partial charge in [0.2, 0.25) is 0 Å². The third-order valence-corrected chi connectivity index (χ3v) is 3.53. The van der Waals surface area contributed by atoms with Crippen LogP contribution in [-0.2, 0) is 4.79 Å². The molecule has 0 bridgehead atoms. The summed E-state index contributed by atoms with van der Waals surface area (Å²) in [5.41, 5.74) is 1.23. The van der Waals surface area contributed by atoms with Crippen LogP contribution < -0.4 is 5.32 Å². The number of carbonyl (C=O) groups is 1. The molecule has 1 heterocycles. The number of nitrogens with one attached hydrogen (secondary N) is 1. The number of thiocarbonyl (C=S) groups is 1. The Bertz CT molecular complexity index is 596. The maximum atomic E-state index is 11.5. The molecule has 1 saturated heterocycles. The highest BCUT2D eigenvalue weighted by molar-refractivity contribution is 8.26. The van der Waals surface area contributed by atoms with E-state index in [9.17, 15) is 14.9 Å². The van der Waals surface area contributed by atoms with Crippen molar-refractivity contribution in [2.75, 3.05) is 0 Å². The Hall–Kier alpha value is -1.73. The lowest BCUT2D eigenvalue weighted by atomic mass is 10.1. The first kappa shape index (κ1) is 12.7. The van der Waals surface area contributed by atoms with Crippen molar-refractivity contribution in [2.45, 2.75) is 6.92 Å². The Kier molecular flexibility index (Phi) is 3.44. The van der Waals surface area contributed by atoms with Gasteiger partial charge in [0.15, 0.2) is 0 Å². The first-order chi connectivity index (χ1) is 8.47. The van der Waals surface area contributed by atoms with Crippen molar-refractivity contribution in [1.29, 1.82) is 0 Å². The normalized spacial score (nSPS) is 17.1. The van der Waals surface area contributed by atoms with Crippen molar-refractivity contribution in [3.8, 4) is 0 Å². The molecule has 0 aromatic heterocycles. The van der Waals surface area contributed by atoms with Crippen LogP contribution >= 0.6 is 24.0 Å². The molecule has 7 heteroatoms. The van der Waals surface area contributed by atoms with Gasteiger partial charge in [-0.15, -0.1) is 0 Å². The van der Waals surface area contributed by atoms with E-state index < -0.39 is 4.92 Å². The van der Waals surface area contributed by atoms with E-state index in [1.807, 2.05) is 0 Å². The minimum Gasteiger partial charge on any atom is -0.307 e. The summed E-state index contributed by atoms with van der Waals surface area (Å²) in [5, 5.41) is 13.3. The van der Waals surface area contributed by atoms with Gasteiger partial charge in [0.1, 0.15) is 4.32 Å². The van der Waals surface area contributed by atoms with Crippen molar-refractivity contribution in [1.82, 2.24) is 5.32 Å². The van der Waals surface area contributed by atoms with Gasteiger partial charge in [0, 0.05) is 11.6 Å². The van der Waals surface area contributed by atoms with E-state index in [0.29, 0.717) is 20.4 Å². The molecule has 0 unspecified atom stereocenters. The third-order valence-electron chi connectivity index (χ3n) is 2.37. The summed E-state index contributed by atoms with van der Waals surface area (Å²) >= 11 is 6.01. The van der Waals surface area contributed by atoms with Crippen molar-refractivity contribution in [3.05, 3.63) is 44.3 Å². The van der Waals surface area contributed by atoms with Crippen molar-refractivity contribution in [2.24, 2.45) is 0 Å². The molecule has 18 heavy (non-hydrogen) atoms. The Labute approximate surface area is 112 Å². The van der Waals surface area contributed by atoms with Crippen LogP contribution in [0.4, 0.5) is 5.69 Å². The second-order valence-electron chi connectivity index (χ2n) is 3.66. The average molecular weight is 280 g/mol. The van der Waals surface area contributed by atoms with Crippen LogP contribution in [-0.4, -0.2) is 15.2 Å². The zero-order chi connectivity index (χ0) is 13.3. The minimum absolute atomic E-state index is 0.0373. The maximum Gasteiger partial charge on any atom is 0.272 e. The van der Waals surface area contributed by atoms with E-state index in [1.54, 1.807) is 25.1 Å². The standard InChI is InChI=1S/C11H8N2O3S2/c1-6-2-3-7(4-8(6)13(15)16)5-9-10(14)12-11(17)18-9/h2-5H,1H3,(H,12,14,17)/b9-5+. The van der Waals surface area contributed by atoms with Gasteiger partial charge in [-0.3, -0.25) is 14.9 Å². The Morgan fingerprint density at radius 1 is 1.50 bits per heavy atom. The summed E-state index contributed by atoms with van der Waals surface area (Å²) in [6, 6.07) is 4.82. The molecule has 0 saturated carbocycles. The largest absolute Gasteiger partial charge is 0.307 e. The van der Waals surface area contributed by atoms with Crippen LogP contribution in [0.5, 0.6) is 0 Å². The van der Waals surface area contributed by atoms with E-state index >= 15 is 0 Å². The van der Waals surface area contributed by atoms with Gasteiger partial charge in [0.05, 0.1) is 9.83 Å². The molecule has 1 aliphatic rings. The van der Waals surface area contributed by atoms with Gasteiger partial charge in [-0.2, -0.15) is 0 Å². The number of nitrogens with zero attached hydrogens (tertiary/aromatic N) is 1. The number of hydrogen-bond acceptors (Lipinski definition) is 5.